The minimum absolute atomic E-state index is 0.566. The van der Waals surface area contributed by atoms with E-state index in [9.17, 15) is 4.79 Å². The van der Waals surface area contributed by atoms with Gasteiger partial charge in [-0.2, -0.15) is 0 Å². The molecule has 0 spiro atoms. The standard InChI is InChI=1S/C6H6N3OS/c10-5-9-11-4-6-7-2-1-3-8-6/h1-3H,4H2,(H,9,10). The molecule has 0 saturated carbocycles. The van der Waals surface area contributed by atoms with Crippen molar-refractivity contribution in [3.63, 3.8) is 0 Å². The largest absolute Gasteiger partial charge is 0.320 e. The molecule has 1 aromatic rings. The summed E-state index contributed by atoms with van der Waals surface area (Å²) in [5.74, 6) is 1.26. The van der Waals surface area contributed by atoms with E-state index in [-0.39, 0.29) is 0 Å². The lowest BCUT2D eigenvalue weighted by atomic mass is 10.6. The van der Waals surface area contributed by atoms with E-state index in [4.69, 9.17) is 0 Å². The summed E-state index contributed by atoms with van der Waals surface area (Å²) in [6.07, 6.45) is 4.87. The predicted octanol–water partition coefficient (Wildman–Crippen LogP) is 0.282. The molecule has 0 unspecified atom stereocenters. The molecule has 1 aromatic heterocycles. The molecule has 5 heteroatoms. The molecule has 1 N–H and O–H groups in total. The molecule has 11 heavy (non-hydrogen) atoms. The predicted molar refractivity (Wildman–Crippen MR) is 42.2 cm³/mol. The Balaban J connectivity index is 2.33. The first-order valence-corrected chi connectivity index (χ1v) is 3.92. The lowest BCUT2D eigenvalue weighted by Crippen LogP contribution is -2.00. The molecular weight excluding hydrogens is 162 g/mol. The average Bonchev–Trinajstić information content (AvgIpc) is 2.07. The highest BCUT2D eigenvalue weighted by atomic mass is 32.2. The minimum atomic E-state index is 0.566. The number of carbonyl (C=O) groups excluding carboxylic acids is 1. The summed E-state index contributed by atoms with van der Waals surface area (Å²) in [6, 6.07) is 1.74. The highest BCUT2D eigenvalue weighted by Gasteiger charge is 1.92. The zero-order valence-corrected chi connectivity index (χ0v) is 6.47. The van der Waals surface area contributed by atoms with Crippen LogP contribution in [-0.4, -0.2) is 16.4 Å². The van der Waals surface area contributed by atoms with Crippen LogP contribution in [0.5, 0.6) is 0 Å². The summed E-state index contributed by atoms with van der Waals surface area (Å²) >= 11 is 1.21. The van der Waals surface area contributed by atoms with E-state index in [1.54, 1.807) is 24.9 Å². The van der Waals surface area contributed by atoms with Gasteiger partial charge in [-0.05, 0) is 18.0 Å². The van der Waals surface area contributed by atoms with Crippen molar-refractivity contribution in [3.05, 3.63) is 24.3 Å². The van der Waals surface area contributed by atoms with E-state index in [1.807, 2.05) is 0 Å². The van der Waals surface area contributed by atoms with Crippen LogP contribution < -0.4 is 4.72 Å². The topological polar surface area (TPSA) is 54.9 Å². The lowest BCUT2D eigenvalue weighted by molar-refractivity contribution is 0.554. The number of hydrogen-bond acceptors (Lipinski definition) is 4. The first-order chi connectivity index (χ1) is 5.43. The zero-order valence-electron chi connectivity index (χ0n) is 5.65. The van der Waals surface area contributed by atoms with E-state index in [0.717, 1.165) is 0 Å². The second-order valence-corrected chi connectivity index (χ2v) is 2.44. The lowest BCUT2D eigenvalue weighted by Gasteiger charge is -1.94. The molecule has 0 bridgehead atoms. The fourth-order valence-electron chi connectivity index (χ4n) is 0.535. The maximum absolute atomic E-state index is 9.70. The van der Waals surface area contributed by atoms with Crippen molar-refractivity contribution < 1.29 is 4.79 Å². The first-order valence-electron chi connectivity index (χ1n) is 2.93. The van der Waals surface area contributed by atoms with Gasteiger partial charge in [0.25, 0.3) is 0 Å². The first kappa shape index (κ1) is 8.00. The molecule has 1 rings (SSSR count). The third-order valence-electron chi connectivity index (χ3n) is 0.934. The Bertz CT molecular complexity index is 216. The molecule has 1 radical (unpaired) electrons. The van der Waals surface area contributed by atoms with E-state index in [2.05, 4.69) is 14.7 Å². The van der Waals surface area contributed by atoms with E-state index >= 15 is 0 Å². The fourth-order valence-corrected chi connectivity index (χ4v) is 0.944. The summed E-state index contributed by atoms with van der Waals surface area (Å²) in [5, 5.41) is 0. The molecular formula is C6H6N3OS. The molecule has 0 aromatic carbocycles. The molecule has 0 aliphatic rings. The molecule has 0 saturated heterocycles. The number of nitrogens with zero attached hydrogens (tertiary/aromatic N) is 2. The van der Waals surface area contributed by atoms with Crippen molar-refractivity contribution in [2.75, 3.05) is 0 Å². The van der Waals surface area contributed by atoms with Crippen LogP contribution in [0.3, 0.4) is 0 Å². The fraction of sp³-hybridized carbons (Fsp3) is 0.167. The Morgan fingerprint density at radius 2 is 2.27 bits per heavy atom. The number of nitrogens with one attached hydrogen (secondary N) is 1. The SMILES string of the molecule is O=[C]NSCc1ncccn1. The summed E-state index contributed by atoms with van der Waals surface area (Å²) < 4.78 is 2.33. The van der Waals surface area contributed by atoms with Gasteiger partial charge < -0.3 is 0 Å². The summed E-state index contributed by atoms with van der Waals surface area (Å²) in [7, 11) is 0. The van der Waals surface area contributed by atoms with Crippen LogP contribution in [0.2, 0.25) is 0 Å². The number of hydrogen-bond donors (Lipinski definition) is 1. The maximum Gasteiger partial charge on any atom is 0.320 e. The molecule has 0 aliphatic heterocycles. The van der Waals surface area contributed by atoms with Gasteiger partial charge in [-0.3, -0.25) is 9.52 Å². The van der Waals surface area contributed by atoms with Crippen LogP contribution in [-0.2, 0) is 10.5 Å². The monoisotopic (exact) mass is 168 g/mol. The molecule has 1 heterocycles. The van der Waals surface area contributed by atoms with Crippen molar-refractivity contribution in [2.45, 2.75) is 5.75 Å². The van der Waals surface area contributed by atoms with Gasteiger partial charge in [-0.15, -0.1) is 0 Å². The number of aromatic nitrogens is 2. The summed E-state index contributed by atoms with van der Waals surface area (Å²) in [6.45, 7) is 0. The summed E-state index contributed by atoms with van der Waals surface area (Å²) in [4.78, 5) is 17.6. The second kappa shape index (κ2) is 4.68. The second-order valence-electron chi connectivity index (χ2n) is 1.66. The van der Waals surface area contributed by atoms with Gasteiger partial charge in [0.2, 0.25) is 0 Å². The minimum Gasteiger partial charge on any atom is -0.291 e. The van der Waals surface area contributed by atoms with Gasteiger partial charge in [0.1, 0.15) is 5.82 Å². The average molecular weight is 168 g/mol. The zero-order chi connectivity index (χ0) is 7.94. The van der Waals surface area contributed by atoms with E-state index in [0.29, 0.717) is 11.6 Å². The third kappa shape index (κ3) is 2.99. The van der Waals surface area contributed by atoms with Crippen LogP contribution in [0, 0.1) is 0 Å². The van der Waals surface area contributed by atoms with Crippen molar-refractivity contribution in [2.24, 2.45) is 0 Å². The van der Waals surface area contributed by atoms with Crippen LogP contribution in [0.15, 0.2) is 18.5 Å². The van der Waals surface area contributed by atoms with Gasteiger partial charge in [-0.25, -0.2) is 9.97 Å². The van der Waals surface area contributed by atoms with Gasteiger partial charge in [0.05, 0.1) is 5.75 Å². The van der Waals surface area contributed by atoms with Crippen LogP contribution >= 0.6 is 11.9 Å². The van der Waals surface area contributed by atoms with Crippen molar-refractivity contribution in [1.82, 2.24) is 14.7 Å². The Morgan fingerprint density at radius 3 is 2.91 bits per heavy atom. The molecule has 0 fully saturated rings. The van der Waals surface area contributed by atoms with Gasteiger partial charge >= 0.3 is 6.41 Å². The summed E-state index contributed by atoms with van der Waals surface area (Å²) in [5.41, 5.74) is 0. The van der Waals surface area contributed by atoms with Crippen molar-refractivity contribution in [3.8, 4) is 0 Å². The third-order valence-corrected chi connectivity index (χ3v) is 1.56. The van der Waals surface area contributed by atoms with Gasteiger partial charge in [-0.1, -0.05) is 0 Å². The normalized spacial score (nSPS) is 9.09. The number of amides is 1. The Kier molecular flexibility index (Phi) is 3.40. The Labute approximate surface area is 68.6 Å². The quantitative estimate of drug-likeness (QED) is 0.398. The van der Waals surface area contributed by atoms with Crippen molar-refractivity contribution in [1.29, 1.82) is 0 Å². The highest BCUT2D eigenvalue weighted by Crippen LogP contribution is 2.00. The molecule has 0 atom stereocenters. The van der Waals surface area contributed by atoms with Gasteiger partial charge in [0.15, 0.2) is 0 Å². The van der Waals surface area contributed by atoms with Crippen molar-refractivity contribution >= 4 is 18.4 Å². The highest BCUT2D eigenvalue weighted by molar-refractivity contribution is 7.97. The molecule has 57 valence electrons. The molecule has 0 aliphatic carbocycles. The van der Waals surface area contributed by atoms with E-state index < -0.39 is 0 Å². The smallest absolute Gasteiger partial charge is 0.291 e. The van der Waals surface area contributed by atoms with Gasteiger partial charge in [0, 0.05) is 12.4 Å². The molecule has 4 nitrogen and oxygen atoms in total. The Morgan fingerprint density at radius 1 is 1.55 bits per heavy atom. The van der Waals surface area contributed by atoms with Crippen LogP contribution in [0.25, 0.3) is 0 Å². The molecule has 1 amide bonds. The van der Waals surface area contributed by atoms with Crippen LogP contribution in [0.4, 0.5) is 0 Å². The number of rotatable bonds is 4. The maximum atomic E-state index is 9.70. The van der Waals surface area contributed by atoms with E-state index in [1.165, 1.54) is 11.9 Å². The van der Waals surface area contributed by atoms with Crippen LogP contribution in [0.1, 0.15) is 5.82 Å². The Hall–Kier alpha value is -1.10.